The van der Waals surface area contributed by atoms with Gasteiger partial charge in [0.05, 0.1) is 38.5 Å². The number of fused-ring (bicyclic) bond motifs is 1. The Labute approximate surface area is 209 Å². The van der Waals surface area contributed by atoms with Crippen LogP contribution in [0.2, 0.25) is 0 Å². The molecule has 194 valence electrons. The van der Waals surface area contributed by atoms with E-state index in [0.29, 0.717) is 37.6 Å². The van der Waals surface area contributed by atoms with Crippen LogP contribution in [0.5, 0.6) is 5.75 Å². The molecule has 0 amide bonds. The molecule has 3 aromatic rings. The Bertz CT molecular complexity index is 1220. The van der Waals surface area contributed by atoms with Crippen LogP contribution in [0, 0.1) is 0 Å². The SMILES string of the molecule is CN(CCOc1ccc2cc(NC(P3(=O)OCCCO3)P3(=O)OCCCO3)[nH]c2c1)c1ccccn1. The van der Waals surface area contributed by atoms with Gasteiger partial charge in [0.25, 0.3) is 0 Å². The summed E-state index contributed by atoms with van der Waals surface area (Å²) in [5.41, 5.74) is -0.490. The predicted octanol–water partition coefficient (Wildman–Crippen LogP) is 5.03. The van der Waals surface area contributed by atoms with E-state index in [-0.39, 0.29) is 26.4 Å². The highest BCUT2D eigenvalue weighted by molar-refractivity contribution is 7.73. The molecule has 2 aliphatic rings. The van der Waals surface area contributed by atoms with Crippen molar-refractivity contribution >= 4 is 37.7 Å². The minimum absolute atomic E-state index is 0.248. The van der Waals surface area contributed by atoms with Gasteiger partial charge in [-0.25, -0.2) is 4.98 Å². The number of nitrogens with zero attached hydrogens (tertiary/aromatic N) is 2. The molecule has 2 aliphatic heterocycles. The van der Waals surface area contributed by atoms with Gasteiger partial charge in [0, 0.05) is 24.7 Å². The van der Waals surface area contributed by atoms with Crippen molar-refractivity contribution in [2.75, 3.05) is 56.8 Å². The van der Waals surface area contributed by atoms with Crippen molar-refractivity contribution in [2.45, 2.75) is 18.4 Å². The van der Waals surface area contributed by atoms with Gasteiger partial charge in [-0.2, -0.15) is 0 Å². The van der Waals surface area contributed by atoms with Crippen LogP contribution in [0.25, 0.3) is 10.9 Å². The second-order valence-corrected chi connectivity index (χ2v) is 13.2. The van der Waals surface area contributed by atoms with E-state index in [0.717, 1.165) is 16.7 Å². The van der Waals surface area contributed by atoms with Gasteiger partial charge in [-0.15, -0.1) is 0 Å². The molecule has 0 bridgehead atoms. The predicted molar refractivity (Wildman–Crippen MR) is 137 cm³/mol. The minimum Gasteiger partial charge on any atom is -0.492 e. The zero-order valence-electron chi connectivity index (χ0n) is 20.0. The number of benzene rings is 1. The molecule has 0 radical (unpaired) electrons. The third-order valence-corrected chi connectivity index (χ3v) is 11.2. The van der Waals surface area contributed by atoms with Crippen LogP contribution in [0.1, 0.15) is 12.8 Å². The molecule has 13 heteroatoms. The third kappa shape index (κ3) is 5.62. The molecule has 5 rings (SSSR count). The first kappa shape index (κ1) is 25.3. The molecule has 0 atom stereocenters. The number of hydrogen-bond donors (Lipinski definition) is 2. The van der Waals surface area contributed by atoms with Crippen LogP contribution in [0.15, 0.2) is 48.7 Å². The number of aromatic amines is 1. The average Bonchev–Trinajstić information content (AvgIpc) is 3.30. The van der Waals surface area contributed by atoms with E-state index in [1.807, 2.05) is 54.4 Å². The number of anilines is 2. The van der Waals surface area contributed by atoms with E-state index in [2.05, 4.69) is 15.3 Å². The van der Waals surface area contributed by atoms with Gasteiger partial charge in [-0.1, -0.05) is 6.07 Å². The summed E-state index contributed by atoms with van der Waals surface area (Å²) >= 11 is 0. The molecule has 4 heterocycles. The Morgan fingerprint density at radius 2 is 1.72 bits per heavy atom. The second-order valence-electron chi connectivity index (χ2n) is 8.53. The largest absolute Gasteiger partial charge is 0.492 e. The molecule has 2 aromatic heterocycles. The smallest absolute Gasteiger partial charge is 0.365 e. The lowest BCUT2D eigenvalue weighted by Gasteiger charge is -2.35. The zero-order chi connectivity index (χ0) is 25.0. The highest BCUT2D eigenvalue weighted by atomic mass is 31.2. The van der Waals surface area contributed by atoms with Gasteiger partial charge in [-0.3, -0.25) is 9.13 Å². The van der Waals surface area contributed by atoms with E-state index in [1.54, 1.807) is 6.20 Å². The summed E-state index contributed by atoms with van der Waals surface area (Å²) in [5.74, 6) is 2.06. The molecule has 2 fully saturated rings. The van der Waals surface area contributed by atoms with Crippen LogP contribution in [-0.2, 0) is 27.2 Å². The van der Waals surface area contributed by atoms with Gasteiger partial charge in [0.1, 0.15) is 24.0 Å². The summed E-state index contributed by atoms with van der Waals surface area (Å²) in [6.07, 6.45) is 2.97. The number of nitrogens with one attached hydrogen (secondary N) is 2. The fourth-order valence-corrected chi connectivity index (χ4v) is 9.01. The lowest BCUT2D eigenvalue weighted by molar-refractivity contribution is 0.128. The summed E-state index contributed by atoms with van der Waals surface area (Å²) in [6.45, 7) is 2.13. The van der Waals surface area contributed by atoms with Gasteiger partial charge < -0.3 is 38.0 Å². The van der Waals surface area contributed by atoms with E-state index < -0.39 is 20.7 Å². The summed E-state index contributed by atoms with van der Waals surface area (Å²) < 4.78 is 55.0. The molecular weight excluding hydrogens is 506 g/mol. The first-order valence-electron chi connectivity index (χ1n) is 11.9. The maximum atomic E-state index is 13.5. The molecule has 2 N–H and O–H groups in total. The van der Waals surface area contributed by atoms with E-state index in [4.69, 9.17) is 22.8 Å². The third-order valence-electron chi connectivity index (χ3n) is 5.88. The standard InChI is InChI=1S/C23H30N4O7P2/c1-27(22-6-2-3-9-24-22)10-15-30-19-8-7-18-16-21(25-20(18)17-19)26-23(35(28)31-11-4-12-32-35)36(29)33-13-5-14-34-36/h2-3,6-9,16-17,23,25-26H,4-5,10-15H2,1H3. The second kappa shape index (κ2) is 10.9. The van der Waals surface area contributed by atoms with Crippen molar-refractivity contribution in [1.29, 1.82) is 0 Å². The Hall–Kier alpha value is -2.39. The number of aromatic nitrogens is 2. The van der Waals surface area contributed by atoms with Crippen molar-refractivity contribution in [3.05, 3.63) is 48.7 Å². The van der Waals surface area contributed by atoms with Crippen molar-refractivity contribution < 1.29 is 32.0 Å². The number of pyridine rings is 1. The van der Waals surface area contributed by atoms with Crippen molar-refractivity contribution in [1.82, 2.24) is 9.97 Å². The number of rotatable bonds is 9. The number of ether oxygens (including phenoxy) is 1. The van der Waals surface area contributed by atoms with Crippen molar-refractivity contribution in [2.24, 2.45) is 0 Å². The number of likely N-dealkylation sites (N-methyl/N-ethyl adjacent to an activating group) is 1. The molecule has 36 heavy (non-hydrogen) atoms. The molecule has 0 unspecified atom stereocenters. The minimum atomic E-state index is -3.80. The molecule has 0 aliphatic carbocycles. The Kier molecular flexibility index (Phi) is 7.67. The average molecular weight is 536 g/mol. The monoisotopic (exact) mass is 536 g/mol. The van der Waals surface area contributed by atoms with E-state index >= 15 is 0 Å². The van der Waals surface area contributed by atoms with Gasteiger partial charge in [0.15, 0.2) is 0 Å². The number of H-pyrrole nitrogens is 1. The van der Waals surface area contributed by atoms with Crippen molar-refractivity contribution in [3.63, 3.8) is 0 Å². The van der Waals surface area contributed by atoms with Gasteiger partial charge in [-0.05, 0) is 43.2 Å². The molecule has 0 spiro atoms. The summed E-state index contributed by atoms with van der Waals surface area (Å²) in [4.78, 5) is 9.58. The summed E-state index contributed by atoms with van der Waals surface area (Å²) in [7, 11) is -5.65. The van der Waals surface area contributed by atoms with Crippen LogP contribution >= 0.6 is 15.2 Å². The van der Waals surface area contributed by atoms with Gasteiger partial charge in [0.2, 0.25) is 5.52 Å². The first-order valence-corrected chi connectivity index (χ1v) is 15.1. The van der Waals surface area contributed by atoms with Crippen LogP contribution in [0.4, 0.5) is 11.6 Å². The fraction of sp³-hybridized carbons (Fsp3) is 0.435. The normalized spacial score (nSPS) is 19.3. The topological polar surface area (TPSA) is 124 Å². The first-order chi connectivity index (χ1) is 17.5. The molecule has 1 aromatic carbocycles. The lowest BCUT2D eigenvalue weighted by Crippen LogP contribution is -2.29. The van der Waals surface area contributed by atoms with Crippen LogP contribution in [0.3, 0.4) is 0 Å². The van der Waals surface area contributed by atoms with Crippen molar-refractivity contribution in [3.8, 4) is 5.75 Å². The molecule has 2 saturated heterocycles. The summed E-state index contributed by atoms with van der Waals surface area (Å²) in [6, 6.07) is 13.3. The number of hydrogen-bond acceptors (Lipinski definition) is 10. The zero-order valence-corrected chi connectivity index (χ0v) is 21.8. The highest BCUT2D eigenvalue weighted by Crippen LogP contribution is 2.71. The Morgan fingerprint density at radius 1 is 1.03 bits per heavy atom. The van der Waals surface area contributed by atoms with E-state index in [1.165, 1.54) is 0 Å². The Morgan fingerprint density at radius 3 is 2.36 bits per heavy atom. The summed E-state index contributed by atoms with van der Waals surface area (Å²) in [5, 5.41) is 3.94. The van der Waals surface area contributed by atoms with Crippen LogP contribution < -0.4 is 15.0 Å². The molecule has 11 nitrogen and oxygen atoms in total. The molecular formula is C23H30N4O7P2. The lowest BCUT2D eigenvalue weighted by atomic mass is 10.2. The van der Waals surface area contributed by atoms with Gasteiger partial charge >= 0.3 is 15.2 Å². The van der Waals surface area contributed by atoms with E-state index in [9.17, 15) is 9.13 Å². The molecule has 0 saturated carbocycles. The maximum absolute atomic E-state index is 13.5. The quantitative estimate of drug-likeness (QED) is 0.360. The van der Waals surface area contributed by atoms with Crippen LogP contribution in [-0.4, -0.2) is 62.1 Å². The Balaban J connectivity index is 1.29. The highest BCUT2D eigenvalue weighted by Gasteiger charge is 2.53. The fourth-order valence-electron chi connectivity index (χ4n) is 3.98. The maximum Gasteiger partial charge on any atom is 0.365 e.